The molecule has 1 aromatic rings. The maximum atomic E-state index is 12.9. The van der Waals surface area contributed by atoms with Gasteiger partial charge in [-0.1, -0.05) is 5.16 Å². The smallest absolute Gasteiger partial charge is 0.330 e. The second kappa shape index (κ2) is 9.70. The SMILES string of the molecule is COC(=O)C(COC(C)(C)C)NC(=O)N1CCC2(CCN(C(=O)c3c(C)noc3C)CC2)C1. The lowest BCUT2D eigenvalue weighted by atomic mass is 9.77. The van der Waals surface area contributed by atoms with Crippen LogP contribution in [0.2, 0.25) is 0 Å². The molecule has 3 amide bonds. The van der Waals surface area contributed by atoms with Crippen LogP contribution in [0.4, 0.5) is 4.79 Å². The van der Waals surface area contributed by atoms with Crippen molar-refractivity contribution in [2.45, 2.75) is 65.5 Å². The van der Waals surface area contributed by atoms with Crippen LogP contribution < -0.4 is 5.32 Å². The third-order valence-corrected chi connectivity index (χ3v) is 6.55. The van der Waals surface area contributed by atoms with E-state index in [4.69, 9.17) is 14.0 Å². The minimum atomic E-state index is -0.868. The van der Waals surface area contributed by atoms with Crippen LogP contribution >= 0.6 is 0 Å². The number of carbonyl (C=O) groups excluding carboxylic acids is 3. The largest absolute Gasteiger partial charge is 0.467 e. The first-order valence-corrected chi connectivity index (χ1v) is 11.4. The van der Waals surface area contributed by atoms with Gasteiger partial charge in [0.1, 0.15) is 11.3 Å². The highest BCUT2D eigenvalue weighted by Crippen LogP contribution is 2.40. The van der Waals surface area contributed by atoms with Crippen molar-refractivity contribution in [3.8, 4) is 0 Å². The van der Waals surface area contributed by atoms with E-state index in [1.165, 1.54) is 7.11 Å². The molecule has 1 N–H and O–H groups in total. The molecule has 2 aliphatic rings. The fourth-order valence-electron chi connectivity index (χ4n) is 4.53. The van der Waals surface area contributed by atoms with E-state index in [2.05, 4.69) is 10.5 Å². The third kappa shape index (κ3) is 5.85. The molecule has 1 spiro atoms. The van der Waals surface area contributed by atoms with E-state index in [1.807, 2.05) is 25.7 Å². The summed E-state index contributed by atoms with van der Waals surface area (Å²) in [7, 11) is 1.29. The molecular formula is C23H36N4O6. The zero-order chi connectivity index (χ0) is 24.4. The van der Waals surface area contributed by atoms with Crippen molar-refractivity contribution in [2.24, 2.45) is 5.41 Å². The van der Waals surface area contributed by atoms with E-state index in [9.17, 15) is 14.4 Å². The number of hydrogen-bond donors (Lipinski definition) is 1. The first kappa shape index (κ1) is 25.0. The standard InChI is InChI=1S/C23H36N4O6/c1-15-18(16(2)33-25-15)19(28)26-10-7-23(8-11-26)9-12-27(14-23)21(30)24-17(20(29)31-6)13-32-22(3,4)5/h17H,7-14H2,1-6H3,(H,24,30). The minimum absolute atomic E-state index is 0.0183. The van der Waals surface area contributed by atoms with Crippen molar-refractivity contribution < 1.29 is 28.4 Å². The number of esters is 1. The van der Waals surface area contributed by atoms with Gasteiger partial charge in [0.25, 0.3) is 5.91 Å². The number of aromatic nitrogens is 1. The predicted octanol–water partition coefficient (Wildman–Crippen LogP) is 2.29. The Kier molecular flexibility index (Phi) is 7.36. The van der Waals surface area contributed by atoms with Crippen LogP contribution in [-0.4, -0.2) is 84.4 Å². The van der Waals surface area contributed by atoms with Crippen molar-refractivity contribution in [3.05, 3.63) is 17.0 Å². The third-order valence-electron chi connectivity index (χ3n) is 6.55. The van der Waals surface area contributed by atoms with E-state index in [0.717, 1.165) is 19.3 Å². The summed E-state index contributed by atoms with van der Waals surface area (Å²) in [4.78, 5) is 41.5. The van der Waals surface area contributed by atoms with E-state index >= 15 is 0 Å². The van der Waals surface area contributed by atoms with Gasteiger partial charge in [0.05, 0.1) is 25.0 Å². The molecule has 0 aromatic carbocycles. The molecule has 10 nitrogen and oxygen atoms in total. The number of rotatable bonds is 5. The van der Waals surface area contributed by atoms with Crippen LogP contribution in [0.15, 0.2) is 4.52 Å². The normalized spacial score (nSPS) is 19.0. The van der Waals surface area contributed by atoms with E-state index in [0.29, 0.717) is 43.2 Å². The number of carbonyl (C=O) groups is 3. The number of aryl methyl sites for hydroxylation is 2. The molecule has 3 heterocycles. The Labute approximate surface area is 194 Å². The molecular weight excluding hydrogens is 428 g/mol. The van der Waals surface area contributed by atoms with Gasteiger partial charge in [0.15, 0.2) is 6.04 Å². The summed E-state index contributed by atoms with van der Waals surface area (Å²) in [6, 6.07) is -1.16. The monoisotopic (exact) mass is 464 g/mol. The summed E-state index contributed by atoms with van der Waals surface area (Å²) in [5.41, 5.74) is 0.695. The molecule has 2 fully saturated rings. The molecule has 0 bridgehead atoms. The van der Waals surface area contributed by atoms with Gasteiger partial charge in [-0.15, -0.1) is 0 Å². The fraction of sp³-hybridized carbons (Fsp3) is 0.739. The lowest BCUT2D eigenvalue weighted by Gasteiger charge is -2.39. The quantitative estimate of drug-likeness (QED) is 0.665. The van der Waals surface area contributed by atoms with Crippen LogP contribution in [0.3, 0.4) is 0 Å². The molecule has 1 atom stereocenters. The zero-order valence-corrected chi connectivity index (χ0v) is 20.5. The van der Waals surface area contributed by atoms with Gasteiger partial charge in [-0.05, 0) is 59.3 Å². The van der Waals surface area contributed by atoms with Crippen molar-refractivity contribution in [2.75, 3.05) is 39.9 Å². The molecule has 3 rings (SSSR count). The molecule has 0 radical (unpaired) electrons. The predicted molar refractivity (Wildman–Crippen MR) is 120 cm³/mol. The number of methoxy groups -OCH3 is 1. The molecule has 184 valence electrons. The van der Waals surface area contributed by atoms with Gasteiger partial charge < -0.3 is 29.1 Å². The van der Waals surface area contributed by atoms with E-state index in [1.54, 1.807) is 18.7 Å². The van der Waals surface area contributed by atoms with Gasteiger partial charge in [0, 0.05) is 26.2 Å². The Bertz CT molecular complexity index is 863. The molecule has 10 heteroatoms. The summed E-state index contributed by atoms with van der Waals surface area (Å²) in [5.74, 6) is -0.0433. The van der Waals surface area contributed by atoms with E-state index in [-0.39, 0.29) is 24.0 Å². The summed E-state index contributed by atoms with van der Waals surface area (Å²) < 4.78 is 15.7. The Morgan fingerprint density at radius 2 is 1.73 bits per heavy atom. The number of nitrogens with one attached hydrogen (secondary N) is 1. The molecule has 2 aliphatic heterocycles. The number of amides is 3. The van der Waals surface area contributed by atoms with Crippen LogP contribution in [0.5, 0.6) is 0 Å². The highest BCUT2D eigenvalue weighted by atomic mass is 16.5. The second-order valence-electron chi connectivity index (χ2n) is 10.1. The molecule has 33 heavy (non-hydrogen) atoms. The van der Waals surface area contributed by atoms with Gasteiger partial charge in [-0.3, -0.25) is 4.79 Å². The lowest BCUT2D eigenvalue weighted by Crippen LogP contribution is -2.51. The summed E-state index contributed by atoms with van der Waals surface area (Å²) in [5, 5.41) is 6.65. The van der Waals surface area contributed by atoms with Crippen LogP contribution in [-0.2, 0) is 14.3 Å². The Hall–Kier alpha value is -2.62. The topological polar surface area (TPSA) is 114 Å². The zero-order valence-electron chi connectivity index (χ0n) is 20.5. The van der Waals surface area contributed by atoms with Crippen molar-refractivity contribution >= 4 is 17.9 Å². The van der Waals surface area contributed by atoms with Gasteiger partial charge >= 0.3 is 12.0 Å². The van der Waals surface area contributed by atoms with Crippen molar-refractivity contribution in [1.29, 1.82) is 0 Å². The lowest BCUT2D eigenvalue weighted by molar-refractivity contribution is -0.146. The molecule has 0 saturated carbocycles. The van der Waals surface area contributed by atoms with E-state index < -0.39 is 17.6 Å². The molecule has 2 saturated heterocycles. The first-order chi connectivity index (χ1) is 15.4. The Balaban J connectivity index is 1.55. The van der Waals surface area contributed by atoms with Crippen molar-refractivity contribution in [3.63, 3.8) is 0 Å². The van der Waals surface area contributed by atoms with Crippen molar-refractivity contribution in [1.82, 2.24) is 20.3 Å². The number of urea groups is 1. The molecule has 0 aliphatic carbocycles. The number of ether oxygens (including phenoxy) is 2. The number of nitrogens with zero attached hydrogens (tertiary/aromatic N) is 3. The Morgan fingerprint density at radius 3 is 2.24 bits per heavy atom. The number of hydrogen-bond acceptors (Lipinski definition) is 7. The maximum Gasteiger partial charge on any atom is 0.330 e. The first-order valence-electron chi connectivity index (χ1n) is 11.4. The molecule has 1 aromatic heterocycles. The summed E-state index contributed by atoms with van der Waals surface area (Å²) in [6.45, 7) is 11.7. The Morgan fingerprint density at radius 1 is 1.12 bits per heavy atom. The van der Waals surface area contributed by atoms with Crippen LogP contribution in [0.1, 0.15) is 61.8 Å². The van der Waals surface area contributed by atoms with Gasteiger partial charge in [-0.25, -0.2) is 9.59 Å². The van der Waals surface area contributed by atoms with Crippen LogP contribution in [0.25, 0.3) is 0 Å². The average molecular weight is 465 g/mol. The highest BCUT2D eigenvalue weighted by Gasteiger charge is 2.43. The summed E-state index contributed by atoms with van der Waals surface area (Å²) in [6.07, 6.45) is 2.51. The second-order valence-corrected chi connectivity index (χ2v) is 10.1. The minimum Gasteiger partial charge on any atom is -0.467 e. The molecule has 1 unspecified atom stereocenters. The maximum absolute atomic E-state index is 12.9. The average Bonchev–Trinajstić information content (AvgIpc) is 3.33. The summed E-state index contributed by atoms with van der Waals surface area (Å²) >= 11 is 0. The van der Waals surface area contributed by atoms with Crippen LogP contribution in [0, 0.1) is 19.3 Å². The number of piperidine rings is 1. The van der Waals surface area contributed by atoms with Gasteiger partial charge in [-0.2, -0.15) is 0 Å². The number of likely N-dealkylation sites (tertiary alicyclic amines) is 2. The fourth-order valence-corrected chi connectivity index (χ4v) is 4.53. The van der Waals surface area contributed by atoms with Gasteiger partial charge in [0.2, 0.25) is 0 Å². The highest BCUT2D eigenvalue weighted by molar-refractivity contribution is 5.96.